The third-order valence-electron chi connectivity index (χ3n) is 3.74. The van der Waals surface area contributed by atoms with E-state index in [1.54, 1.807) is 6.07 Å². The van der Waals surface area contributed by atoms with Gasteiger partial charge >= 0.3 is 12.1 Å². The number of methoxy groups -OCH3 is 1. The Balaban J connectivity index is 2.23. The van der Waals surface area contributed by atoms with Crippen LogP contribution in [-0.2, 0) is 17.4 Å². The largest absolute Gasteiger partial charge is 0.495 e. The van der Waals surface area contributed by atoms with Gasteiger partial charge in [-0.15, -0.1) is 0 Å². The van der Waals surface area contributed by atoms with Gasteiger partial charge in [0.2, 0.25) is 0 Å². The normalized spacial score (nSPS) is 12.3. The maximum absolute atomic E-state index is 13.0. The molecule has 27 heavy (non-hydrogen) atoms. The van der Waals surface area contributed by atoms with Crippen molar-refractivity contribution in [2.24, 2.45) is 0 Å². The predicted molar refractivity (Wildman–Crippen MR) is 92.0 cm³/mol. The fourth-order valence-corrected chi connectivity index (χ4v) is 2.72. The number of ether oxygens (including phenoxy) is 1. The van der Waals surface area contributed by atoms with Crippen LogP contribution in [0.4, 0.5) is 13.2 Å². The van der Waals surface area contributed by atoms with Crippen LogP contribution in [0.1, 0.15) is 21.5 Å². The van der Waals surface area contributed by atoms with E-state index < -0.39 is 35.2 Å². The quantitative estimate of drug-likeness (QED) is 0.772. The van der Waals surface area contributed by atoms with Crippen LogP contribution in [0.3, 0.4) is 0 Å². The Morgan fingerprint density at radius 3 is 2.44 bits per heavy atom. The lowest BCUT2D eigenvalue weighted by Crippen LogP contribution is -2.42. The second kappa shape index (κ2) is 8.30. The molecule has 9 heteroatoms. The van der Waals surface area contributed by atoms with E-state index in [0.29, 0.717) is 11.3 Å². The molecule has 2 rings (SSSR count). The summed E-state index contributed by atoms with van der Waals surface area (Å²) in [6, 6.07) is 7.26. The van der Waals surface area contributed by atoms with Crippen LogP contribution in [-0.4, -0.2) is 30.1 Å². The van der Waals surface area contributed by atoms with E-state index >= 15 is 0 Å². The summed E-state index contributed by atoms with van der Waals surface area (Å²) in [7, 11) is 1.42. The minimum absolute atomic E-state index is 0.168. The first-order valence-electron chi connectivity index (χ1n) is 7.65. The van der Waals surface area contributed by atoms with E-state index in [2.05, 4.69) is 5.32 Å². The molecule has 1 amide bonds. The summed E-state index contributed by atoms with van der Waals surface area (Å²) < 4.78 is 44.1. The first-order chi connectivity index (χ1) is 12.6. The van der Waals surface area contributed by atoms with Crippen molar-refractivity contribution in [1.82, 2.24) is 5.32 Å². The topological polar surface area (TPSA) is 75.6 Å². The van der Waals surface area contributed by atoms with E-state index in [4.69, 9.17) is 16.3 Å². The smallest absolute Gasteiger partial charge is 0.417 e. The number of nitrogens with one attached hydrogen (secondary N) is 1. The molecule has 0 aliphatic heterocycles. The zero-order chi connectivity index (χ0) is 20.2. The first-order valence-corrected chi connectivity index (χ1v) is 8.03. The number of benzene rings is 2. The van der Waals surface area contributed by atoms with Gasteiger partial charge in [0.05, 0.1) is 23.3 Å². The van der Waals surface area contributed by atoms with Crippen LogP contribution in [0.5, 0.6) is 5.75 Å². The molecule has 2 aromatic carbocycles. The number of carbonyl (C=O) groups is 2. The number of carboxylic acids is 1. The zero-order valence-corrected chi connectivity index (χ0v) is 14.8. The Labute approximate surface area is 157 Å². The van der Waals surface area contributed by atoms with Crippen LogP contribution < -0.4 is 10.1 Å². The minimum atomic E-state index is -4.74. The van der Waals surface area contributed by atoms with E-state index in [1.165, 1.54) is 25.3 Å². The van der Waals surface area contributed by atoms with Gasteiger partial charge in [-0.1, -0.05) is 29.8 Å². The van der Waals surface area contributed by atoms with Gasteiger partial charge in [-0.3, -0.25) is 4.79 Å². The number of hydrogen-bond donors (Lipinski definition) is 2. The molecule has 0 aromatic heterocycles. The van der Waals surface area contributed by atoms with Crippen molar-refractivity contribution < 1.29 is 32.6 Å². The third kappa shape index (κ3) is 5.13. The number of halogens is 4. The molecule has 0 bridgehead atoms. The number of rotatable bonds is 6. The number of aliphatic carboxylic acids is 1. The molecule has 0 aliphatic carbocycles. The van der Waals surface area contributed by atoms with Crippen molar-refractivity contribution in [3.8, 4) is 5.75 Å². The van der Waals surface area contributed by atoms with Gasteiger partial charge in [0.25, 0.3) is 5.91 Å². The maximum Gasteiger partial charge on any atom is 0.417 e. The monoisotopic (exact) mass is 401 g/mol. The molecule has 0 radical (unpaired) electrons. The lowest BCUT2D eigenvalue weighted by molar-refractivity contribution is -0.139. The van der Waals surface area contributed by atoms with Crippen molar-refractivity contribution in [2.75, 3.05) is 7.11 Å². The average molecular weight is 402 g/mol. The van der Waals surface area contributed by atoms with Crippen LogP contribution >= 0.6 is 11.6 Å². The summed E-state index contributed by atoms with van der Waals surface area (Å²) in [6.07, 6.45) is -4.91. The van der Waals surface area contributed by atoms with E-state index in [-0.39, 0.29) is 11.4 Å². The van der Waals surface area contributed by atoms with Crippen molar-refractivity contribution >= 4 is 23.5 Å². The Morgan fingerprint density at radius 1 is 1.22 bits per heavy atom. The molecule has 0 spiro atoms. The van der Waals surface area contributed by atoms with Crippen LogP contribution in [0.25, 0.3) is 0 Å². The molecular weight excluding hydrogens is 387 g/mol. The number of amides is 1. The first kappa shape index (κ1) is 20.6. The summed E-state index contributed by atoms with van der Waals surface area (Å²) in [6.45, 7) is 0. The van der Waals surface area contributed by atoms with Gasteiger partial charge in [0, 0.05) is 6.42 Å². The Bertz CT molecular complexity index is 855. The van der Waals surface area contributed by atoms with Crippen molar-refractivity contribution in [3.63, 3.8) is 0 Å². The standard InChI is InChI=1S/C18H15ClF3NO4/c1-27-15-7-6-10(8-13(15)19)9-14(17(25)26)23-16(24)11-4-2-3-5-12(11)18(20,21)22/h2-8,14H,9H2,1H3,(H,23,24)(H,25,26)/t14-/m1/s1. The molecule has 0 heterocycles. The molecule has 2 N–H and O–H groups in total. The molecular formula is C18H15ClF3NO4. The van der Waals surface area contributed by atoms with Gasteiger partial charge in [-0.05, 0) is 29.8 Å². The Hall–Kier alpha value is -2.74. The Morgan fingerprint density at radius 2 is 1.89 bits per heavy atom. The number of carbonyl (C=O) groups excluding carboxylic acids is 1. The molecule has 0 fully saturated rings. The molecule has 0 saturated carbocycles. The van der Waals surface area contributed by atoms with Gasteiger partial charge in [0.1, 0.15) is 11.8 Å². The highest BCUT2D eigenvalue weighted by Gasteiger charge is 2.35. The summed E-state index contributed by atoms with van der Waals surface area (Å²) in [4.78, 5) is 23.7. The SMILES string of the molecule is COc1ccc(C[C@@H](NC(=O)c2ccccc2C(F)(F)F)C(=O)O)cc1Cl. The summed E-state index contributed by atoms with van der Waals surface area (Å²) in [5.74, 6) is -2.13. The van der Waals surface area contributed by atoms with Crippen LogP contribution in [0.2, 0.25) is 5.02 Å². The number of carboxylic acid groups (broad SMARTS) is 1. The summed E-state index contributed by atoms with van der Waals surface area (Å²) in [5.41, 5.74) is -1.32. The number of alkyl halides is 3. The molecule has 0 unspecified atom stereocenters. The molecule has 5 nitrogen and oxygen atoms in total. The minimum Gasteiger partial charge on any atom is -0.495 e. The highest BCUT2D eigenvalue weighted by atomic mass is 35.5. The number of hydrogen-bond acceptors (Lipinski definition) is 3. The van der Waals surface area contributed by atoms with Crippen molar-refractivity contribution in [1.29, 1.82) is 0 Å². The second-order valence-electron chi connectivity index (χ2n) is 5.58. The lowest BCUT2D eigenvalue weighted by atomic mass is 10.0. The van der Waals surface area contributed by atoms with Crippen LogP contribution in [0.15, 0.2) is 42.5 Å². The average Bonchev–Trinajstić information content (AvgIpc) is 2.60. The highest BCUT2D eigenvalue weighted by molar-refractivity contribution is 6.32. The third-order valence-corrected chi connectivity index (χ3v) is 4.03. The highest BCUT2D eigenvalue weighted by Crippen LogP contribution is 2.32. The molecule has 144 valence electrons. The van der Waals surface area contributed by atoms with Crippen molar-refractivity contribution in [2.45, 2.75) is 18.6 Å². The van der Waals surface area contributed by atoms with Crippen LogP contribution in [0, 0.1) is 0 Å². The second-order valence-corrected chi connectivity index (χ2v) is 5.99. The maximum atomic E-state index is 13.0. The molecule has 0 saturated heterocycles. The fourth-order valence-electron chi connectivity index (χ4n) is 2.44. The Kier molecular flexibility index (Phi) is 6.32. The molecule has 2 aromatic rings. The zero-order valence-electron chi connectivity index (χ0n) is 14.0. The van der Waals surface area contributed by atoms with Gasteiger partial charge in [-0.2, -0.15) is 13.2 Å². The van der Waals surface area contributed by atoms with E-state index in [0.717, 1.165) is 18.2 Å². The predicted octanol–water partition coefficient (Wildman–Crippen LogP) is 3.79. The lowest BCUT2D eigenvalue weighted by Gasteiger charge is -2.17. The summed E-state index contributed by atoms with van der Waals surface area (Å²) in [5, 5.41) is 11.7. The van der Waals surface area contributed by atoms with Crippen molar-refractivity contribution in [3.05, 3.63) is 64.2 Å². The van der Waals surface area contributed by atoms with Gasteiger partial charge in [-0.25, -0.2) is 4.79 Å². The van der Waals surface area contributed by atoms with E-state index in [9.17, 15) is 27.9 Å². The fraction of sp³-hybridized carbons (Fsp3) is 0.222. The van der Waals surface area contributed by atoms with E-state index in [1.807, 2.05) is 0 Å². The molecule has 1 atom stereocenters. The summed E-state index contributed by atoms with van der Waals surface area (Å²) >= 11 is 5.98. The molecule has 0 aliphatic rings. The van der Waals surface area contributed by atoms with Gasteiger partial charge in [0.15, 0.2) is 0 Å². The van der Waals surface area contributed by atoms with Gasteiger partial charge < -0.3 is 15.2 Å².